The second-order valence-corrected chi connectivity index (χ2v) is 10.6. The SMILES string of the molecule is COC(=O)c1c(CC(=O)Nc2ccccc2NC23CC4CC(CC(C4)C2)C3)[nH]c(C(C)=O)c1C. The van der Waals surface area contributed by atoms with Gasteiger partial charge in [-0.2, -0.15) is 0 Å². The van der Waals surface area contributed by atoms with Gasteiger partial charge in [0.25, 0.3) is 0 Å². The highest BCUT2D eigenvalue weighted by Gasteiger charge is 2.51. The van der Waals surface area contributed by atoms with Crippen molar-refractivity contribution >= 4 is 29.0 Å². The van der Waals surface area contributed by atoms with Crippen LogP contribution in [0.4, 0.5) is 11.4 Å². The molecule has 1 heterocycles. The molecule has 4 bridgehead atoms. The molecule has 6 rings (SSSR count). The van der Waals surface area contributed by atoms with Gasteiger partial charge < -0.3 is 20.4 Å². The van der Waals surface area contributed by atoms with Crippen LogP contribution in [0, 0.1) is 24.7 Å². The Morgan fingerprint density at radius 2 is 1.62 bits per heavy atom. The summed E-state index contributed by atoms with van der Waals surface area (Å²) in [6.07, 6.45) is 7.68. The third kappa shape index (κ3) is 4.12. The van der Waals surface area contributed by atoms with Crippen LogP contribution in [-0.2, 0) is 16.0 Å². The predicted octanol–water partition coefficient (Wildman–Crippen LogP) is 4.87. The van der Waals surface area contributed by atoms with Gasteiger partial charge in [0.2, 0.25) is 5.91 Å². The second kappa shape index (κ2) is 8.60. The largest absolute Gasteiger partial charge is 0.465 e. The highest BCUT2D eigenvalue weighted by molar-refractivity contribution is 6.02. The summed E-state index contributed by atoms with van der Waals surface area (Å²) in [4.78, 5) is 40.3. The molecule has 4 saturated carbocycles. The Labute approximate surface area is 200 Å². The van der Waals surface area contributed by atoms with Crippen LogP contribution >= 0.6 is 0 Å². The molecule has 0 atom stereocenters. The molecule has 4 aliphatic carbocycles. The third-order valence-electron chi connectivity index (χ3n) is 8.05. The summed E-state index contributed by atoms with van der Waals surface area (Å²) in [5.74, 6) is 1.45. The van der Waals surface area contributed by atoms with Crippen molar-refractivity contribution in [2.75, 3.05) is 17.7 Å². The van der Waals surface area contributed by atoms with E-state index in [4.69, 9.17) is 4.74 Å². The lowest BCUT2D eigenvalue weighted by molar-refractivity contribution is -0.115. The van der Waals surface area contributed by atoms with Crippen molar-refractivity contribution < 1.29 is 19.1 Å². The number of nitrogens with one attached hydrogen (secondary N) is 3. The van der Waals surface area contributed by atoms with Gasteiger partial charge in [-0.3, -0.25) is 9.59 Å². The number of anilines is 2. The minimum absolute atomic E-state index is 0.0652. The normalized spacial score (nSPS) is 26.9. The summed E-state index contributed by atoms with van der Waals surface area (Å²) in [7, 11) is 1.29. The Morgan fingerprint density at radius 3 is 2.18 bits per heavy atom. The molecule has 0 spiro atoms. The number of H-pyrrole nitrogens is 1. The summed E-state index contributed by atoms with van der Waals surface area (Å²) in [5, 5.41) is 6.88. The zero-order valence-corrected chi connectivity index (χ0v) is 20.1. The van der Waals surface area contributed by atoms with Crippen molar-refractivity contribution in [1.82, 2.24) is 4.98 Å². The first-order chi connectivity index (χ1) is 16.3. The van der Waals surface area contributed by atoms with Crippen LogP contribution in [0.3, 0.4) is 0 Å². The number of esters is 1. The summed E-state index contributed by atoms with van der Waals surface area (Å²) in [6, 6.07) is 7.83. The fourth-order valence-corrected chi connectivity index (χ4v) is 7.13. The van der Waals surface area contributed by atoms with Crippen molar-refractivity contribution in [2.24, 2.45) is 17.8 Å². The summed E-state index contributed by atoms with van der Waals surface area (Å²) in [5.41, 5.74) is 3.27. The van der Waals surface area contributed by atoms with Crippen molar-refractivity contribution in [3.8, 4) is 0 Å². The fourth-order valence-electron chi connectivity index (χ4n) is 7.13. The minimum Gasteiger partial charge on any atom is -0.465 e. The van der Waals surface area contributed by atoms with Crippen LogP contribution in [0.2, 0.25) is 0 Å². The molecule has 1 aromatic carbocycles. The van der Waals surface area contributed by atoms with Crippen LogP contribution < -0.4 is 10.6 Å². The molecule has 1 aromatic heterocycles. The molecule has 0 saturated heterocycles. The standard InChI is InChI=1S/C27H33N3O4/c1-15-24(26(33)34-3)22(29-25(15)16(2)31)11-23(32)28-20-6-4-5-7-21(20)30-27-12-17-8-18(13-27)10-19(9-17)14-27/h4-7,17-19,29-30H,8-14H2,1-3H3,(H,28,32). The highest BCUT2D eigenvalue weighted by atomic mass is 16.5. The molecule has 3 N–H and O–H groups in total. The van der Waals surface area contributed by atoms with Crippen LogP contribution in [0.15, 0.2) is 24.3 Å². The third-order valence-corrected chi connectivity index (χ3v) is 8.05. The number of carbonyl (C=O) groups excluding carboxylic acids is 3. The Kier molecular flexibility index (Phi) is 5.74. The number of benzene rings is 1. The van der Waals surface area contributed by atoms with E-state index >= 15 is 0 Å². The van der Waals surface area contributed by atoms with Gasteiger partial charge in [-0.15, -0.1) is 0 Å². The first-order valence-electron chi connectivity index (χ1n) is 12.2. The molecular weight excluding hydrogens is 430 g/mol. The number of aromatic amines is 1. The number of para-hydroxylation sites is 2. The number of ether oxygens (including phenoxy) is 1. The van der Waals surface area contributed by atoms with E-state index in [1.54, 1.807) is 6.92 Å². The van der Waals surface area contributed by atoms with E-state index in [1.165, 1.54) is 52.6 Å². The molecule has 0 aliphatic heterocycles. The Balaban J connectivity index is 1.35. The van der Waals surface area contributed by atoms with Gasteiger partial charge in [0.1, 0.15) is 0 Å². The minimum atomic E-state index is -0.562. The van der Waals surface area contributed by atoms with Crippen molar-refractivity contribution in [2.45, 2.75) is 64.3 Å². The number of carbonyl (C=O) groups is 3. The van der Waals surface area contributed by atoms with Crippen LogP contribution in [0.25, 0.3) is 0 Å². The molecule has 7 heteroatoms. The van der Waals surface area contributed by atoms with Gasteiger partial charge in [-0.05, 0) is 80.9 Å². The maximum atomic E-state index is 13.1. The van der Waals surface area contributed by atoms with Crippen LogP contribution in [-0.4, -0.2) is 35.3 Å². The van der Waals surface area contributed by atoms with Gasteiger partial charge in [0.15, 0.2) is 5.78 Å². The fraction of sp³-hybridized carbons (Fsp3) is 0.519. The lowest BCUT2D eigenvalue weighted by Crippen LogP contribution is -2.54. The van der Waals surface area contributed by atoms with E-state index in [9.17, 15) is 14.4 Å². The van der Waals surface area contributed by atoms with E-state index < -0.39 is 5.97 Å². The average Bonchev–Trinajstić information content (AvgIpc) is 3.09. The number of amides is 1. The Morgan fingerprint density at radius 1 is 1.03 bits per heavy atom. The van der Waals surface area contributed by atoms with Gasteiger partial charge in [0.05, 0.1) is 36.2 Å². The molecule has 4 fully saturated rings. The van der Waals surface area contributed by atoms with Crippen molar-refractivity contribution in [3.63, 3.8) is 0 Å². The first-order valence-corrected chi connectivity index (χ1v) is 12.2. The molecule has 0 radical (unpaired) electrons. The first kappa shape index (κ1) is 22.7. The smallest absolute Gasteiger partial charge is 0.339 e. The summed E-state index contributed by atoms with van der Waals surface area (Å²) in [6.45, 7) is 3.11. The number of Topliss-reactive ketones (excluding diaryl/α,β-unsaturated/α-hetero) is 1. The summed E-state index contributed by atoms with van der Waals surface area (Å²) >= 11 is 0. The number of hydrogen-bond acceptors (Lipinski definition) is 5. The second-order valence-electron chi connectivity index (χ2n) is 10.6. The molecule has 2 aromatic rings. The van der Waals surface area contributed by atoms with Gasteiger partial charge >= 0.3 is 5.97 Å². The molecule has 34 heavy (non-hydrogen) atoms. The molecule has 180 valence electrons. The van der Waals surface area contributed by atoms with E-state index in [0.29, 0.717) is 17.0 Å². The molecule has 1 amide bonds. The Hall–Kier alpha value is -3.09. The van der Waals surface area contributed by atoms with Crippen molar-refractivity contribution in [1.29, 1.82) is 0 Å². The number of hydrogen-bond donors (Lipinski definition) is 3. The number of rotatable bonds is 7. The average molecular weight is 464 g/mol. The maximum absolute atomic E-state index is 13.1. The number of methoxy groups -OCH3 is 1. The molecular formula is C27H33N3O4. The van der Waals surface area contributed by atoms with Gasteiger partial charge in [-0.25, -0.2) is 4.79 Å². The molecule has 7 nitrogen and oxygen atoms in total. The maximum Gasteiger partial charge on any atom is 0.339 e. The van der Waals surface area contributed by atoms with Crippen LogP contribution in [0.1, 0.15) is 77.6 Å². The highest BCUT2D eigenvalue weighted by Crippen LogP contribution is 2.56. The molecule has 4 aliphatic rings. The van der Waals surface area contributed by atoms with E-state index in [-0.39, 0.29) is 29.2 Å². The zero-order chi connectivity index (χ0) is 24.0. The lowest BCUT2D eigenvalue weighted by Gasteiger charge is -2.57. The predicted molar refractivity (Wildman–Crippen MR) is 130 cm³/mol. The number of ketones is 1. The summed E-state index contributed by atoms with van der Waals surface area (Å²) < 4.78 is 4.89. The van der Waals surface area contributed by atoms with Gasteiger partial charge in [-0.1, -0.05) is 12.1 Å². The zero-order valence-electron chi connectivity index (χ0n) is 20.1. The number of aromatic nitrogens is 1. The lowest BCUT2D eigenvalue weighted by atomic mass is 9.53. The van der Waals surface area contributed by atoms with E-state index in [1.807, 2.05) is 24.3 Å². The van der Waals surface area contributed by atoms with Crippen LogP contribution in [0.5, 0.6) is 0 Å². The quantitative estimate of drug-likeness (QED) is 0.402. The van der Waals surface area contributed by atoms with E-state index in [0.717, 1.165) is 29.1 Å². The Bertz CT molecular complexity index is 1110. The topological polar surface area (TPSA) is 100 Å². The van der Waals surface area contributed by atoms with E-state index in [2.05, 4.69) is 15.6 Å². The molecule has 0 unspecified atom stereocenters. The van der Waals surface area contributed by atoms with Crippen molar-refractivity contribution in [3.05, 3.63) is 46.8 Å². The monoisotopic (exact) mass is 463 g/mol. The van der Waals surface area contributed by atoms with Gasteiger partial charge in [0, 0.05) is 18.2 Å².